The predicted molar refractivity (Wildman–Crippen MR) is 371 cm³/mol. The van der Waals surface area contributed by atoms with Crippen molar-refractivity contribution in [1.82, 2.24) is 0 Å². The summed E-state index contributed by atoms with van der Waals surface area (Å²) < 4.78 is 80.3. The van der Waals surface area contributed by atoms with Crippen molar-refractivity contribution in [3.8, 4) is 0 Å². The molecular weight excluding hydrogens is 1190 g/mol. The van der Waals surface area contributed by atoms with Crippen LogP contribution in [0.3, 0.4) is 0 Å². The predicted octanol–water partition coefficient (Wildman–Crippen LogP) is 17.2. The molecule has 18 heteroatoms. The average molecular weight is 1320 g/mol. The number of hydrogen-bond acceptors (Lipinski definition) is 13. The van der Waals surface area contributed by atoms with Crippen LogP contribution in [0, 0.1) is 11.8 Å². The second-order valence-corrected chi connectivity index (χ2v) is 59.4. The van der Waals surface area contributed by atoms with Crippen LogP contribution in [0.1, 0.15) is 188 Å². The Balaban J connectivity index is 1.45. The number of fused-ring (bicyclic) bond motifs is 2. The highest BCUT2D eigenvalue weighted by molar-refractivity contribution is 6.76. The molecule has 17 atom stereocenters. The minimum atomic E-state index is -2.60. The topological polar surface area (TPSA) is 136 Å². The molecule has 0 aromatic carbocycles. The molecule has 0 aromatic rings. The van der Waals surface area contributed by atoms with Gasteiger partial charge in [0.1, 0.15) is 30.2 Å². The van der Waals surface area contributed by atoms with Crippen molar-refractivity contribution >= 4 is 53.2 Å². The lowest BCUT2D eigenvalue weighted by Gasteiger charge is -2.56. The first-order valence-corrected chi connectivity index (χ1v) is 48.8. The molecule has 8 rings (SSSR count). The second kappa shape index (κ2) is 28.5. The van der Waals surface area contributed by atoms with Gasteiger partial charge in [-0.2, -0.15) is 0 Å². The normalized spacial score (nSPS) is 34.5. The first-order chi connectivity index (χ1) is 40.0. The molecule has 13 nitrogen and oxygen atoms in total. The summed E-state index contributed by atoms with van der Waals surface area (Å²) in [6.45, 7) is 68.9. The highest BCUT2D eigenvalue weighted by atomic mass is 28.4. The highest BCUT2D eigenvalue weighted by Crippen LogP contribution is 2.50. The molecule has 508 valence electrons. The van der Waals surface area contributed by atoms with Gasteiger partial charge >= 0.3 is 0 Å². The zero-order valence-electron chi connectivity index (χ0n) is 60.9. The lowest BCUT2D eigenvalue weighted by atomic mass is 9.81. The molecule has 8 aliphatic heterocycles. The van der Waals surface area contributed by atoms with Gasteiger partial charge in [0.2, 0.25) is 0 Å². The third-order valence-corrected chi connectivity index (χ3v) is 46.0. The summed E-state index contributed by atoms with van der Waals surface area (Å²) >= 11 is 0. The lowest BCUT2D eigenvalue weighted by molar-refractivity contribution is -0.266. The van der Waals surface area contributed by atoms with E-state index in [1.807, 2.05) is 6.08 Å². The summed E-state index contributed by atoms with van der Waals surface area (Å²) in [4.78, 5) is 29.7. The first-order valence-electron chi connectivity index (χ1n) is 34.2. The van der Waals surface area contributed by atoms with E-state index >= 15 is 4.79 Å². The van der Waals surface area contributed by atoms with E-state index in [1.54, 1.807) is 13.2 Å². The van der Waals surface area contributed by atoms with Gasteiger partial charge in [-0.3, -0.25) is 9.59 Å². The van der Waals surface area contributed by atoms with E-state index in [0.29, 0.717) is 45.1 Å². The van der Waals surface area contributed by atoms with Crippen LogP contribution in [0.2, 0.25) is 90.7 Å². The molecule has 0 spiro atoms. The smallest absolute Gasteiger partial charge is 0.193 e. The summed E-state index contributed by atoms with van der Waals surface area (Å²) in [5.74, 6) is 0.0629. The molecule has 5 fully saturated rings. The van der Waals surface area contributed by atoms with Gasteiger partial charge in [0.05, 0.1) is 73.8 Å². The minimum Gasteiger partial charge on any atom is -0.414 e. The summed E-state index contributed by atoms with van der Waals surface area (Å²) in [5.41, 5.74) is 2.13. The molecule has 10 unspecified atom stereocenters. The zero-order valence-corrected chi connectivity index (χ0v) is 65.9. The summed E-state index contributed by atoms with van der Waals surface area (Å²) in [5, 5.41) is -0.482. The van der Waals surface area contributed by atoms with E-state index in [-0.39, 0.29) is 110 Å². The molecule has 5 saturated heterocycles. The molecule has 0 N–H and O–H groups in total. The maximum Gasteiger partial charge on any atom is 0.193 e. The van der Waals surface area contributed by atoms with Crippen LogP contribution in [-0.4, -0.2) is 158 Å². The van der Waals surface area contributed by atoms with Crippen LogP contribution < -0.4 is 0 Å². The maximum atomic E-state index is 15.4. The molecule has 8 bridgehead atoms. The Bertz CT molecular complexity index is 2410. The zero-order chi connectivity index (χ0) is 66.5. The molecule has 8 heterocycles. The van der Waals surface area contributed by atoms with Crippen LogP contribution in [0.15, 0.2) is 36.5 Å². The van der Waals surface area contributed by atoms with Gasteiger partial charge in [-0.25, -0.2) is 0 Å². The summed E-state index contributed by atoms with van der Waals surface area (Å²) in [7, 11) is -10.4. The van der Waals surface area contributed by atoms with E-state index in [4.69, 9.17) is 50.6 Å². The minimum absolute atomic E-state index is 0.0171. The van der Waals surface area contributed by atoms with Crippen LogP contribution in [0.25, 0.3) is 0 Å². The van der Waals surface area contributed by atoms with Crippen LogP contribution in [-0.2, 0) is 60.1 Å². The van der Waals surface area contributed by atoms with Crippen molar-refractivity contribution in [1.29, 1.82) is 0 Å². The fourth-order valence-corrected chi connectivity index (χ4v) is 18.7. The van der Waals surface area contributed by atoms with E-state index in [1.165, 1.54) is 0 Å². The number of rotatable bonds is 14. The van der Waals surface area contributed by atoms with Gasteiger partial charge in [0.15, 0.2) is 47.4 Å². The van der Waals surface area contributed by atoms with Gasteiger partial charge in [0.25, 0.3) is 0 Å². The Kier molecular flexibility index (Phi) is 24.7. The molecule has 88 heavy (non-hydrogen) atoms. The number of hydrogen-bond donors (Lipinski definition) is 0. The van der Waals surface area contributed by atoms with Crippen LogP contribution in [0.5, 0.6) is 0 Å². The molecule has 0 saturated carbocycles. The third kappa shape index (κ3) is 18.6. The molecule has 8 aliphatic rings. The van der Waals surface area contributed by atoms with Gasteiger partial charge in [-0.1, -0.05) is 130 Å². The standard InChI is InChI=1S/C70H130O13Si5/c1-45-38-51-33-36-55-46(2)39-50(75-55)32-30-48(71)31-35-57(81-86(24,25)68(10,11)12)63-65(83-88(28,29)70(16,17)18)64(82-87(26,27)69(13,14)15)62-56(79-63)37-34-52(77-62)40-49(72)41-54-59(43-58(76-51)47(45)3)78-60(61(54)73-19)42-53(80-85(22,23)67(7,8)9)44-74-84(20,21)66(4,5)6/h31,35,45,50-65H,2-3,30,32-34,36-44H2,1,4-29H3/b35-31+/t45-,50+,51?,52?,53+,54?,55?,56+,57?,58?,59?,60?,61-,62+,63+,64?,65?/m1/s1. The van der Waals surface area contributed by atoms with Crippen molar-refractivity contribution in [2.24, 2.45) is 11.8 Å². The van der Waals surface area contributed by atoms with Gasteiger partial charge < -0.3 is 50.6 Å². The fraction of sp³-hybridized carbons (Fsp3) is 0.886. The first kappa shape index (κ1) is 76.2. The Morgan fingerprint density at radius 1 is 0.545 bits per heavy atom. The largest absolute Gasteiger partial charge is 0.414 e. The number of Topliss-reactive ketones (excluding diaryl/α,β-unsaturated/α-hetero) is 1. The Morgan fingerprint density at radius 2 is 1.07 bits per heavy atom. The van der Waals surface area contributed by atoms with Crippen molar-refractivity contribution in [3.05, 3.63) is 36.5 Å². The summed E-state index contributed by atoms with van der Waals surface area (Å²) in [6, 6.07) is 0. The van der Waals surface area contributed by atoms with E-state index in [9.17, 15) is 4.79 Å². The third-order valence-electron chi connectivity index (χ3n) is 23.5. The quantitative estimate of drug-likeness (QED) is 0.121. The van der Waals surface area contributed by atoms with E-state index in [0.717, 1.165) is 36.8 Å². The second-order valence-electron chi connectivity index (χ2n) is 35.5. The SMILES string of the molecule is C=C1C[C@@H]2CCC(=O)/C=C/C(O[Si](C)(C)C(C)(C)C)[C@@H]3O[C@H]4CCC(CC(=O)CC5C(CC6OC(CCC1O2)C[C@@H](C)C6=C)OC(C[C@@H](CO[Si](C)(C)C(C)(C)C)O[Si](C)(C)C(C)(C)C)[C@@H]5OC)O[C@@H]4C(O[Si](C)(C)C(C)(C)C)C3O[Si](C)(C)C(C)(C)C. The van der Waals surface area contributed by atoms with Crippen molar-refractivity contribution in [2.75, 3.05) is 13.7 Å². The van der Waals surface area contributed by atoms with Crippen molar-refractivity contribution < 1.29 is 60.1 Å². The van der Waals surface area contributed by atoms with Crippen LogP contribution in [0.4, 0.5) is 0 Å². The molecule has 0 aromatic heterocycles. The Labute approximate surface area is 542 Å². The van der Waals surface area contributed by atoms with Crippen molar-refractivity contribution in [2.45, 2.75) is 370 Å². The average Bonchev–Trinajstić information content (AvgIpc) is 3.91. The van der Waals surface area contributed by atoms with Gasteiger partial charge in [0, 0.05) is 45.1 Å². The number of methoxy groups -OCH3 is 1. The highest BCUT2D eigenvalue weighted by Gasteiger charge is 2.59. The number of allylic oxidation sites excluding steroid dienone is 1. The van der Waals surface area contributed by atoms with E-state index < -0.39 is 84.3 Å². The molecule has 0 aliphatic carbocycles. The van der Waals surface area contributed by atoms with E-state index in [2.05, 4.69) is 189 Å². The van der Waals surface area contributed by atoms with Gasteiger partial charge in [-0.15, -0.1) is 0 Å². The number of ether oxygens (including phenoxy) is 6. The fourth-order valence-electron chi connectivity index (χ4n) is 12.4. The van der Waals surface area contributed by atoms with Crippen LogP contribution >= 0.6 is 0 Å². The van der Waals surface area contributed by atoms with Gasteiger partial charge in [-0.05, 0) is 159 Å². The molecular formula is C70H130O13Si5. The number of carbonyl (C=O) groups excluding carboxylic acids is 2. The lowest BCUT2D eigenvalue weighted by Crippen LogP contribution is -2.69. The number of carbonyl (C=O) groups is 2. The Hall–Kier alpha value is -0.796. The Morgan fingerprint density at radius 3 is 1.62 bits per heavy atom. The number of ketones is 2. The van der Waals surface area contributed by atoms with Crippen molar-refractivity contribution in [3.63, 3.8) is 0 Å². The summed E-state index contributed by atoms with van der Waals surface area (Å²) in [6.07, 6.45) is 4.93. The molecule has 0 radical (unpaired) electrons. The maximum absolute atomic E-state index is 15.4. The monoisotopic (exact) mass is 1320 g/mol. The molecule has 0 amide bonds.